The van der Waals surface area contributed by atoms with Crippen LogP contribution in [-0.4, -0.2) is 22.8 Å². The van der Waals surface area contributed by atoms with Crippen LogP contribution in [-0.2, 0) is 6.54 Å². The van der Waals surface area contributed by atoms with Gasteiger partial charge in [0.2, 0.25) is 0 Å². The number of amides is 2. The minimum atomic E-state index is -0.450. The molecule has 1 aliphatic rings. The number of benzene rings is 1. The third-order valence-corrected chi connectivity index (χ3v) is 3.52. The van der Waals surface area contributed by atoms with Crippen molar-refractivity contribution in [3.63, 3.8) is 0 Å². The van der Waals surface area contributed by atoms with Crippen molar-refractivity contribution in [2.45, 2.75) is 25.4 Å². The van der Waals surface area contributed by atoms with Crippen LogP contribution >= 0.6 is 0 Å². The van der Waals surface area contributed by atoms with Gasteiger partial charge in [-0.05, 0) is 31.0 Å². The molecule has 23 heavy (non-hydrogen) atoms. The van der Waals surface area contributed by atoms with Crippen LogP contribution in [0, 0.1) is 5.82 Å². The van der Waals surface area contributed by atoms with E-state index < -0.39 is 5.91 Å². The van der Waals surface area contributed by atoms with Crippen molar-refractivity contribution in [1.82, 2.24) is 15.6 Å². The molecule has 0 atom stereocenters. The lowest BCUT2D eigenvalue weighted by Crippen LogP contribution is -2.28. The molecule has 0 unspecified atom stereocenters. The first-order valence-electron chi connectivity index (χ1n) is 7.43. The van der Waals surface area contributed by atoms with E-state index in [1.54, 1.807) is 30.3 Å². The Kier molecular flexibility index (Phi) is 4.32. The predicted octanol–water partition coefficient (Wildman–Crippen LogP) is 2.04. The molecule has 2 N–H and O–H groups in total. The minimum absolute atomic E-state index is 0.0612. The Morgan fingerprint density at radius 2 is 1.74 bits per heavy atom. The zero-order chi connectivity index (χ0) is 16.2. The number of carbonyl (C=O) groups is 2. The van der Waals surface area contributed by atoms with Gasteiger partial charge in [-0.15, -0.1) is 0 Å². The number of carbonyl (C=O) groups excluding carboxylic acids is 2. The Hall–Kier alpha value is -2.76. The van der Waals surface area contributed by atoms with Crippen molar-refractivity contribution in [3.8, 4) is 0 Å². The zero-order valence-corrected chi connectivity index (χ0v) is 12.4. The van der Waals surface area contributed by atoms with Crippen LogP contribution in [0.5, 0.6) is 0 Å². The fourth-order valence-corrected chi connectivity index (χ4v) is 2.08. The molecule has 0 radical (unpaired) electrons. The summed E-state index contributed by atoms with van der Waals surface area (Å²) >= 11 is 0. The molecule has 1 aromatic carbocycles. The summed E-state index contributed by atoms with van der Waals surface area (Å²) in [6, 6.07) is 11.1. The van der Waals surface area contributed by atoms with Crippen molar-refractivity contribution in [2.24, 2.45) is 0 Å². The number of hydrogen-bond donors (Lipinski definition) is 2. The molecular formula is C17H16FN3O2. The molecular weight excluding hydrogens is 297 g/mol. The summed E-state index contributed by atoms with van der Waals surface area (Å²) in [5, 5.41) is 5.42. The Balaban J connectivity index is 1.65. The number of halogens is 1. The van der Waals surface area contributed by atoms with Crippen LogP contribution in [0.2, 0.25) is 0 Å². The summed E-state index contributed by atoms with van der Waals surface area (Å²) in [5.74, 6) is -1.11. The molecule has 0 spiro atoms. The second-order valence-electron chi connectivity index (χ2n) is 5.43. The molecule has 1 saturated carbocycles. The lowest BCUT2D eigenvalue weighted by molar-refractivity contribution is 0.0941. The monoisotopic (exact) mass is 313 g/mol. The average Bonchev–Trinajstić information content (AvgIpc) is 3.38. The Bertz CT molecular complexity index is 744. The van der Waals surface area contributed by atoms with Gasteiger partial charge in [0.1, 0.15) is 17.2 Å². The van der Waals surface area contributed by atoms with Crippen LogP contribution < -0.4 is 10.6 Å². The van der Waals surface area contributed by atoms with Crippen molar-refractivity contribution < 1.29 is 14.0 Å². The molecule has 2 amide bonds. The van der Waals surface area contributed by atoms with E-state index in [1.165, 1.54) is 12.1 Å². The van der Waals surface area contributed by atoms with Crippen molar-refractivity contribution in [2.75, 3.05) is 0 Å². The number of rotatable bonds is 5. The quantitative estimate of drug-likeness (QED) is 0.887. The summed E-state index contributed by atoms with van der Waals surface area (Å²) in [4.78, 5) is 28.1. The van der Waals surface area contributed by atoms with Gasteiger partial charge in [-0.3, -0.25) is 9.59 Å². The van der Waals surface area contributed by atoms with E-state index in [4.69, 9.17) is 0 Å². The SMILES string of the molecule is O=C(NCc1ccccc1F)c1cccc(C(=O)NC2CC2)n1. The lowest BCUT2D eigenvalue weighted by atomic mass is 10.2. The summed E-state index contributed by atoms with van der Waals surface area (Å²) < 4.78 is 13.5. The maximum Gasteiger partial charge on any atom is 0.270 e. The molecule has 0 saturated heterocycles. The first-order valence-corrected chi connectivity index (χ1v) is 7.43. The number of aromatic nitrogens is 1. The van der Waals surface area contributed by atoms with Gasteiger partial charge in [0.15, 0.2) is 0 Å². The van der Waals surface area contributed by atoms with Gasteiger partial charge >= 0.3 is 0 Å². The first-order chi connectivity index (χ1) is 11.1. The topological polar surface area (TPSA) is 71.1 Å². The first kappa shape index (κ1) is 15.1. The van der Waals surface area contributed by atoms with Crippen molar-refractivity contribution >= 4 is 11.8 Å². The zero-order valence-electron chi connectivity index (χ0n) is 12.4. The molecule has 0 aliphatic heterocycles. The number of pyridine rings is 1. The van der Waals surface area contributed by atoms with Crippen LogP contribution in [0.25, 0.3) is 0 Å². The molecule has 3 rings (SSSR count). The summed E-state index contributed by atoms with van der Waals surface area (Å²) in [6.07, 6.45) is 1.96. The van der Waals surface area contributed by atoms with Gasteiger partial charge in [-0.1, -0.05) is 24.3 Å². The van der Waals surface area contributed by atoms with E-state index in [9.17, 15) is 14.0 Å². The van der Waals surface area contributed by atoms with Gasteiger partial charge in [0, 0.05) is 18.2 Å². The third-order valence-electron chi connectivity index (χ3n) is 3.52. The third kappa shape index (κ3) is 3.91. The summed E-state index contributed by atoms with van der Waals surface area (Å²) in [7, 11) is 0. The normalized spacial score (nSPS) is 13.4. The standard InChI is InChI=1S/C17H16FN3O2/c18-13-5-2-1-4-11(13)10-19-16(22)14-6-3-7-15(21-14)17(23)20-12-8-9-12/h1-7,12H,8-10H2,(H,19,22)(H,20,23). The average molecular weight is 313 g/mol. The van der Waals surface area contributed by atoms with Crippen LogP contribution in [0.15, 0.2) is 42.5 Å². The van der Waals surface area contributed by atoms with E-state index in [0.717, 1.165) is 12.8 Å². The molecule has 5 nitrogen and oxygen atoms in total. The minimum Gasteiger partial charge on any atom is -0.348 e. The second kappa shape index (κ2) is 6.56. The van der Waals surface area contributed by atoms with Crippen molar-refractivity contribution in [3.05, 3.63) is 65.2 Å². The smallest absolute Gasteiger partial charge is 0.270 e. The van der Waals surface area contributed by atoms with E-state index in [0.29, 0.717) is 5.56 Å². The highest BCUT2D eigenvalue weighted by Crippen LogP contribution is 2.19. The van der Waals surface area contributed by atoms with Crippen LogP contribution in [0.3, 0.4) is 0 Å². The summed E-state index contributed by atoms with van der Waals surface area (Å²) in [5.41, 5.74) is 0.726. The predicted molar refractivity (Wildman–Crippen MR) is 82.3 cm³/mol. The summed E-state index contributed by atoms with van der Waals surface area (Å²) in [6.45, 7) is 0.0612. The van der Waals surface area contributed by atoms with Crippen LogP contribution in [0.1, 0.15) is 39.4 Å². The van der Waals surface area contributed by atoms with Crippen LogP contribution in [0.4, 0.5) is 4.39 Å². The van der Waals surface area contributed by atoms with Gasteiger partial charge in [-0.25, -0.2) is 9.37 Å². The Morgan fingerprint density at radius 1 is 1.04 bits per heavy atom. The Labute approximate surface area is 132 Å². The van der Waals surface area contributed by atoms with Gasteiger partial charge in [-0.2, -0.15) is 0 Å². The van der Waals surface area contributed by atoms with E-state index >= 15 is 0 Å². The second-order valence-corrected chi connectivity index (χ2v) is 5.43. The highest BCUT2D eigenvalue weighted by molar-refractivity contribution is 5.96. The number of hydrogen-bond acceptors (Lipinski definition) is 3. The van der Waals surface area contributed by atoms with Gasteiger partial charge in [0.05, 0.1) is 0 Å². The largest absolute Gasteiger partial charge is 0.348 e. The fraction of sp³-hybridized carbons (Fsp3) is 0.235. The van der Waals surface area contributed by atoms with Gasteiger partial charge in [0.25, 0.3) is 11.8 Å². The maximum atomic E-state index is 13.5. The molecule has 1 fully saturated rings. The highest BCUT2D eigenvalue weighted by atomic mass is 19.1. The molecule has 1 heterocycles. The van der Waals surface area contributed by atoms with E-state index in [-0.39, 0.29) is 35.7 Å². The Morgan fingerprint density at radius 3 is 2.43 bits per heavy atom. The molecule has 118 valence electrons. The van der Waals surface area contributed by atoms with Gasteiger partial charge < -0.3 is 10.6 Å². The lowest BCUT2D eigenvalue weighted by Gasteiger charge is -2.07. The molecule has 6 heteroatoms. The van der Waals surface area contributed by atoms with Crippen molar-refractivity contribution in [1.29, 1.82) is 0 Å². The number of nitrogens with one attached hydrogen (secondary N) is 2. The molecule has 0 bridgehead atoms. The highest BCUT2D eigenvalue weighted by Gasteiger charge is 2.24. The van der Waals surface area contributed by atoms with E-state index in [1.807, 2.05) is 0 Å². The molecule has 1 aromatic heterocycles. The molecule has 1 aliphatic carbocycles. The fourth-order valence-electron chi connectivity index (χ4n) is 2.08. The maximum absolute atomic E-state index is 13.5. The van der Waals surface area contributed by atoms with E-state index in [2.05, 4.69) is 15.6 Å². The number of nitrogens with zero attached hydrogens (tertiary/aromatic N) is 1. The molecule has 2 aromatic rings.